The van der Waals surface area contributed by atoms with Gasteiger partial charge in [-0.2, -0.15) is 0 Å². The van der Waals surface area contributed by atoms with Crippen LogP contribution in [0.15, 0.2) is 66.9 Å². The maximum atomic E-state index is 12.8. The molecule has 6 heteroatoms. The van der Waals surface area contributed by atoms with E-state index in [2.05, 4.69) is 20.3 Å². The minimum Gasteiger partial charge on any atom is -0.351 e. The number of hydrogen-bond acceptors (Lipinski definition) is 4. The number of aromatic amines is 1. The quantitative estimate of drug-likeness (QED) is 0.437. The molecule has 1 amide bonds. The fourth-order valence-electron chi connectivity index (χ4n) is 3.17. The van der Waals surface area contributed by atoms with E-state index in [9.17, 15) is 4.79 Å². The minimum absolute atomic E-state index is 0.164. The molecule has 0 aliphatic heterocycles. The van der Waals surface area contributed by atoms with Crippen LogP contribution in [0.3, 0.4) is 0 Å². The van der Waals surface area contributed by atoms with Crippen LogP contribution >= 0.6 is 11.3 Å². The zero-order valence-corrected chi connectivity index (χ0v) is 15.9. The predicted octanol–water partition coefficient (Wildman–Crippen LogP) is 5.40. The number of benzene rings is 2. The third kappa shape index (κ3) is 2.93. The van der Waals surface area contributed by atoms with E-state index in [-0.39, 0.29) is 5.91 Å². The summed E-state index contributed by atoms with van der Waals surface area (Å²) in [6.45, 7) is 1.98. The number of H-pyrrole nitrogens is 1. The number of aryl methyl sites for hydroxylation is 1. The standard InChI is InChI=1S/C22H16N4OS/c1-13-8-9-15(21-26-17-7-4-10-23-22(17)28-21)12-18(13)25-20(27)19-11-14-5-2-3-6-16(14)24-19/h2-12,24H,1H3,(H,25,27). The van der Waals surface area contributed by atoms with Gasteiger partial charge < -0.3 is 10.3 Å². The van der Waals surface area contributed by atoms with E-state index in [1.54, 1.807) is 17.5 Å². The van der Waals surface area contributed by atoms with Crippen molar-refractivity contribution >= 4 is 44.2 Å². The van der Waals surface area contributed by atoms with Crippen molar-refractivity contribution in [2.45, 2.75) is 6.92 Å². The van der Waals surface area contributed by atoms with E-state index < -0.39 is 0 Å². The molecule has 0 fully saturated rings. The lowest BCUT2D eigenvalue weighted by Gasteiger charge is -2.09. The summed E-state index contributed by atoms with van der Waals surface area (Å²) in [5.74, 6) is -0.164. The smallest absolute Gasteiger partial charge is 0.272 e. The Morgan fingerprint density at radius 1 is 1.07 bits per heavy atom. The van der Waals surface area contributed by atoms with E-state index in [0.717, 1.165) is 43.1 Å². The topological polar surface area (TPSA) is 70.7 Å². The van der Waals surface area contributed by atoms with Crippen LogP contribution in [0.5, 0.6) is 0 Å². The number of hydrogen-bond donors (Lipinski definition) is 2. The van der Waals surface area contributed by atoms with E-state index in [4.69, 9.17) is 0 Å². The summed E-state index contributed by atoms with van der Waals surface area (Å²) in [6, 6.07) is 19.5. The van der Waals surface area contributed by atoms with Crippen molar-refractivity contribution in [3.63, 3.8) is 0 Å². The molecule has 0 atom stereocenters. The molecule has 0 spiro atoms. The summed E-state index contributed by atoms with van der Waals surface area (Å²) >= 11 is 1.54. The normalized spacial score (nSPS) is 11.2. The van der Waals surface area contributed by atoms with Crippen LogP contribution in [-0.4, -0.2) is 20.9 Å². The van der Waals surface area contributed by atoms with E-state index in [1.807, 2.05) is 67.6 Å². The number of anilines is 1. The number of thiazole rings is 1. The lowest BCUT2D eigenvalue weighted by atomic mass is 10.1. The average molecular weight is 384 g/mol. The van der Waals surface area contributed by atoms with Crippen LogP contribution in [0.2, 0.25) is 0 Å². The number of amides is 1. The predicted molar refractivity (Wildman–Crippen MR) is 114 cm³/mol. The Bertz CT molecular complexity index is 1270. The number of nitrogens with one attached hydrogen (secondary N) is 2. The molecular formula is C22H16N4OS. The number of para-hydroxylation sites is 1. The van der Waals surface area contributed by atoms with E-state index in [0.29, 0.717) is 5.69 Å². The fraction of sp³-hybridized carbons (Fsp3) is 0.0455. The lowest BCUT2D eigenvalue weighted by Crippen LogP contribution is -2.13. The summed E-state index contributed by atoms with van der Waals surface area (Å²) < 4.78 is 0. The van der Waals surface area contributed by atoms with Crippen molar-refractivity contribution in [1.82, 2.24) is 15.0 Å². The van der Waals surface area contributed by atoms with Gasteiger partial charge in [-0.25, -0.2) is 9.97 Å². The average Bonchev–Trinajstić information content (AvgIpc) is 3.33. The molecule has 3 heterocycles. The van der Waals surface area contributed by atoms with Crippen molar-refractivity contribution in [2.24, 2.45) is 0 Å². The molecule has 0 bridgehead atoms. The van der Waals surface area contributed by atoms with Crippen LogP contribution in [0.4, 0.5) is 5.69 Å². The first-order valence-electron chi connectivity index (χ1n) is 8.89. The van der Waals surface area contributed by atoms with Crippen molar-refractivity contribution in [2.75, 3.05) is 5.32 Å². The van der Waals surface area contributed by atoms with Crippen molar-refractivity contribution in [1.29, 1.82) is 0 Å². The van der Waals surface area contributed by atoms with E-state index in [1.165, 1.54) is 0 Å². The van der Waals surface area contributed by atoms with Gasteiger partial charge in [0.2, 0.25) is 0 Å². The van der Waals surface area contributed by atoms with Gasteiger partial charge in [-0.1, -0.05) is 41.7 Å². The van der Waals surface area contributed by atoms with Crippen LogP contribution in [0.1, 0.15) is 16.1 Å². The number of rotatable bonds is 3. The number of carbonyl (C=O) groups is 1. The van der Waals surface area contributed by atoms with Gasteiger partial charge >= 0.3 is 0 Å². The summed E-state index contributed by atoms with van der Waals surface area (Å²) in [5.41, 5.74) is 5.09. The fourth-order valence-corrected chi connectivity index (χ4v) is 4.07. The summed E-state index contributed by atoms with van der Waals surface area (Å²) in [7, 11) is 0. The second kappa shape index (κ2) is 6.58. The highest BCUT2D eigenvalue weighted by molar-refractivity contribution is 7.21. The Morgan fingerprint density at radius 3 is 2.82 bits per heavy atom. The van der Waals surface area contributed by atoms with Gasteiger partial charge in [0.15, 0.2) is 0 Å². The molecule has 0 unspecified atom stereocenters. The molecule has 0 radical (unpaired) electrons. The molecule has 5 aromatic rings. The number of aromatic nitrogens is 3. The Labute approximate surface area is 165 Å². The van der Waals surface area contributed by atoms with Gasteiger partial charge in [-0.3, -0.25) is 4.79 Å². The molecule has 136 valence electrons. The maximum absolute atomic E-state index is 12.8. The molecule has 0 saturated carbocycles. The molecular weight excluding hydrogens is 368 g/mol. The van der Waals surface area contributed by atoms with E-state index >= 15 is 0 Å². The lowest BCUT2D eigenvalue weighted by molar-refractivity contribution is 0.102. The third-order valence-corrected chi connectivity index (χ3v) is 5.70. The Balaban J connectivity index is 1.47. The zero-order chi connectivity index (χ0) is 19.1. The van der Waals surface area contributed by atoms with Gasteiger partial charge in [0.25, 0.3) is 5.91 Å². The monoisotopic (exact) mass is 384 g/mol. The first-order chi connectivity index (χ1) is 13.7. The van der Waals surface area contributed by atoms with Gasteiger partial charge in [-0.15, -0.1) is 0 Å². The number of fused-ring (bicyclic) bond motifs is 2. The second-order valence-corrected chi connectivity index (χ2v) is 7.58. The number of nitrogens with zero attached hydrogens (tertiary/aromatic N) is 2. The number of carbonyl (C=O) groups excluding carboxylic acids is 1. The Hall–Kier alpha value is -3.51. The molecule has 0 saturated heterocycles. The highest BCUT2D eigenvalue weighted by Crippen LogP contribution is 2.31. The summed E-state index contributed by atoms with van der Waals surface area (Å²) in [6.07, 6.45) is 1.77. The summed E-state index contributed by atoms with van der Waals surface area (Å²) in [5, 5.41) is 4.92. The minimum atomic E-state index is -0.164. The molecule has 5 rings (SSSR count). The largest absolute Gasteiger partial charge is 0.351 e. The second-order valence-electron chi connectivity index (χ2n) is 6.60. The Morgan fingerprint density at radius 2 is 1.96 bits per heavy atom. The van der Waals surface area contributed by atoms with Crippen molar-refractivity contribution in [3.05, 3.63) is 78.1 Å². The first-order valence-corrected chi connectivity index (χ1v) is 9.71. The molecule has 2 aromatic carbocycles. The molecule has 2 N–H and O–H groups in total. The van der Waals surface area contributed by atoms with Crippen molar-refractivity contribution in [3.8, 4) is 10.6 Å². The molecule has 0 aliphatic carbocycles. The van der Waals surface area contributed by atoms with Crippen LogP contribution in [0, 0.1) is 6.92 Å². The molecule has 28 heavy (non-hydrogen) atoms. The van der Waals surface area contributed by atoms with Crippen LogP contribution in [-0.2, 0) is 0 Å². The third-order valence-electron chi connectivity index (χ3n) is 4.67. The summed E-state index contributed by atoms with van der Waals surface area (Å²) in [4.78, 5) is 25.8. The van der Waals surface area contributed by atoms with Gasteiger partial charge in [0.1, 0.15) is 21.0 Å². The van der Waals surface area contributed by atoms with Gasteiger partial charge in [-0.05, 0) is 42.8 Å². The molecule has 3 aromatic heterocycles. The van der Waals surface area contributed by atoms with Crippen LogP contribution < -0.4 is 5.32 Å². The number of pyridine rings is 1. The first kappa shape index (κ1) is 16.6. The van der Waals surface area contributed by atoms with Gasteiger partial charge in [0.05, 0.1) is 0 Å². The van der Waals surface area contributed by atoms with Crippen LogP contribution in [0.25, 0.3) is 31.8 Å². The highest BCUT2D eigenvalue weighted by Gasteiger charge is 2.13. The SMILES string of the molecule is Cc1ccc(-c2nc3cccnc3s2)cc1NC(=O)c1cc2ccccc2[nH]1. The van der Waals surface area contributed by atoms with Gasteiger partial charge in [0, 0.05) is 28.4 Å². The zero-order valence-electron chi connectivity index (χ0n) is 15.1. The highest BCUT2D eigenvalue weighted by atomic mass is 32.1. The maximum Gasteiger partial charge on any atom is 0.272 e. The molecule has 5 nitrogen and oxygen atoms in total. The molecule has 0 aliphatic rings. The Kier molecular flexibility index (Phi) is 3.91. The van der Waals surface area contributed by atoms with Crippen molar-refractivity contribution < 1.29 is 4.79 Å².